The molecule has 2 aromatic heterocycles. The lowest BCUT2D eigenvalue weighted by atomic mass is 10.3. The number of carbonyl (C=O) groups excluding carboxylic acids is 6. The molecular formula is C30H49N19O6. The lowest BCUT2D eigenvalue weighted by Gasteiger charge is -2.31. The van der Waals surface area contributed by atoms with Crippen molar-refractivity contribution in [2.45, 2.75) is 66.5 Å². The van der Waals surface area contributed by atoms with Gasteiger partial charge in [-0.15, -0.1) is 21.3 Å². The first kappa shape index (κ1) is 44.8. The average Bonchev–Trinajstić information content (AvgIpc) is 3.79. The van der Waals surface area contributed by atoms with Crippen LogP contribution in [0.3, 0.4) is 0 Å². The lowest BCUT2D eigenvalue weighted by Crippen LogP contribution is -2.51. The van der Waals surface area contributed by atoms with Gasteiger partial charge in [0.1, 0.15) is 11.4 Å². The summed E-state index contributed by atoms with van der Waals surface area (Å²) in [6.07, 6.45) is 4.76. The predicted octanol–water partition coefficient (Wildman–Crippen LogP) is -0.425. The first-order chi connectivity index (χ1) is 26.4. The van der Waals surface area contributed by atoms with Gasteiger partial charge in [0.2, 0.25) is 35.4 Å². The Labute approximate surface area is 316 Å². The van der Waals surface area contributed by atoms with Gasteiger partial charge in [-0.25, -0.2) is 0 Å². The van der Waals surface area contributed by atoms with Crippen molar-refractivity contribution in [1.82, 2.24) is 60.0 Å². The topological polar surface area (TPSA) is 316 Å². The Balaban J connectivity index is 2.10. The van der Waals surface area contributed by atoms with E-state index in [1.165, 1.54) is 32.0 Å². The second-order valence-electron chi connectivity index (χ2n) is 12.2. The smallest absolute Gasteiger partial charge is 0.243 e. The molecule has 0 radical (unpaired) electrons. The minimum absolute atomic E-state index is 0.114. The molecule has 55 heavy (non-hydrogen) atoms. The molecule has 0 aromatic carbocycles. The highest BCUT2D eigenvalue weighted by Gasteiger charge is 2.28. The first-order valence-corrected chi connectivity index (χ1v) is 17.7. The summed E-state index contributed by atoms with van der Waals surface area (Å²) >= 11 is 0. The Morgan fingerprint density at radius 1 is 0.636 bits per heavy atom. The van der Waals surface area contributed by atoms with E-state index >= 15 is 0 Å². The van der Waals surface area contributed by atoms with E-state index in [1.807, 2.05) is 27.7 Å². The van der Waals surface area contributed by atoms with Gasteiger partial charge in [0.05, 0.1) is 45.8 Å². The van der Waals surface area contributed by atoms with Crippen molar-refractivity contribution >= 4 is 35.4 Å². The number of aromatic nitrogens is 6. The number of carbonyl (C=O) groups is 6. The van der Waals surface area contributed by atoms with E-state index in [0.29, 0.717) is 37.9 Å². The lowest BCUT2D eigenvalue weighted by molar-refractivity contribution is -0.147. The largest absolute Gasteiger partial charge is 0.368 e. The molecular weight excluding hydrogens is 722 g/mol. The molecule has 0 unspecified atom stereocenters. The van der Waals surface area contributed by atoms with E-state index < -0.39 is 42.6 Å². The van der Waals surface area contributed by atoms with Gasteiger partial charge in [-0.1, -0.05) is 37.3 Å². The quantitative estimate of drug-likeness (QED) is 0.0702. The van der Waals surface area contributed by atoms with Crippen LogP contribution in [0.4, 0.5) is 0 Å². The molecule has 0 saturated carbocycles. The molecule has 2 aromatic rings. The Hall–Kier alpha value is -6.32. The van der Waals surface area contributed by atoms with Crippen molar-refractivity contribution in [3.05, 3.63) is 44.7 Å². The Morgan fingerprint density at radius 2 is 1.02 bits per heavy atom. The molecule has 2 heterocycles. The minimum atomic E-state index is -0.805. The minimum Gasteiger partial charge on any atom is -0.368 e. The Kier molecular flexibility index (Phi) is 19.6. The number of nitrogens with one attached hydrogen (secondary N) is 1. The molecule has 25 nitrogen and oxygen atoms in total. The molecule has 3 N–H and O–H groups in total. The highest BCUT2D eigenvalue weighted by Crippen LogP contribution is 2.07. The number of hydrogen-bond acceptors (Lipinski definition) is 13. The Bertz CT molecular complexity index is 1700. The second-order valence-corrected chi connectivity index (χ2v) is 12.2. The molecule has 0 atom stereocenters. The van der Waals surface area contributed by atoms with Crippen molar-refractivity contribution in [3.8, 4) is 0 Å². The monoisotopic (exact) mass is 771 g/mol. The van der Waals surface area contributed by atoms with Gasteiger partial charge in [0, 0.05) is 53.6 Å². The number of hydrogen-bond donors (Lipinski definition) is 2. The van der Waals surface area contributed by atoms with E-state index in [0.717, 1.165) is 14.5 Å². The van der Waals surface area contributed by atoms with E-state index in [2.05, 4.69) is 46.2 Å². The molecule has 0 bridgehead atoms. The zero-order valence-electron chi connectivity index (χ0n) is 31.6. The first-order valence-electron chi connectivity index (χ1n) is 17.7. The zero-order valence-corrected chi connectivity index (χ0v) is 31.6. The maximum absolute atomic E-state index is 13.7. The SMILES string of the molecule is CCCN(CC(=O)N(CCC)CC(=O)N(CCC)CC(=O)N(CCC)CC(=O)N(CC(N)=O)Cc1cn(N=[N+]=[N-])nn1)C(=O)CNCc1cn(N=[N+]=[N-])nn1. The van der Waals surface area contributed by atoms with Gasteiger partial charge in [-0.2, -0.15) is 9.82 Å². The van der Waals surface area contributed by atoms with E-state index in [9.17, 15) is 28.8 Å². The van der Waals surface area contributed by atoms with Crippen LogP contribution in [-0.2, 0) is 41.9 Å². The summed E-state index contributed by atoms with van der Waals surface area (Å²) in [4.78, 5) is 92.6. The van der Waals surface area contributed by atoms with Crippen molar-refractivity contribution in [3.63, 3.8) is 0 Å². The summed E-state index contributed by atoms with van der Waals surface area (Å²) in [5.41, 5.74) is 23.1. The highest BCUT2D eigenvalue weighted by molar-refractivity contribution is 5.92. The van der Waals surface area contributed by atoms with Gasteiger partial charge in [0.15, 0.2) is 12.4 Å². The van der Waals surface area contributed by atoms with Gasteiger partial charge < -0.3 is 35.6 Å². The number of nitrogens with two attached hydrogens (primary N) is 1. The molecule has 2 rings (SSSR count). The molecule has 0 aliphatic heterocycles. The summed E-state index contributed by atoms with van der Waals surface area (Å²) < 4.78 is 0. The van der Waals surface area contributed by atoms with E-state index in [-0.39, 0.29) is 70.5 Å². The number of azide groups is 2. The van der Waals surface area contributed by atoms with Crippen LogP contribution >= 0.6 is 0 Å². The fourth-order valence-corrected chi connectivity index (χ4v) is 5.22. The van der Waals surface area contributed by atoms with Crippen LogP contribution in [0, 0.1) is 0 Å². The van der Waals surface area contributed by atoms with Crippen molar-refractivity contribution in [1.29, 1.82) is 0 Å². The zero-order chi connectivity index (χ0) is 40.8. The normalized spacial score (nSPS) is 10.5. The molecule has 0 saturated heterocycles. The van der Waals surface area contributed by atoms with Crippen molar-refractivity contribution in [2.75, 3.05) is 65.4 Å². The predicted molar refractivity (Wildman–Crippen MR) is 193 cm³/mol. The molecule has 0 spiro atoms. The summed E-state index contributed by atoms with van der Waals surface area (Å²) in [5.74, 6) is -3.22. The third-order valence-electron chi connectivity index (χ3n) is 7.65. The highest BCUT2D eigenvalue weighted by atomic mass is 16.2. The van der Waals surface area contributed by atoms with Crippen LogP contribution in [0.15, 0.2) is 22.8 Å². The van der Waals surface area contributed by atoms with Crippen LogP contribution < -0.4 is 11.1 Å². The fraction of sp³-hybridized carbons (Fsp3) is 0.667. The van der Waals surface area contributed by atoms with Crippen LogP contribution in [0.1, 0.15) is 64.8 Å². The van der Waals surface area contributed by atoms with Gasteiger partial charge in [-0.3, -0.25) is 28.8 Å². The van der Waals surface area contributed by atoms with Crippen LogP contribution in [0.5, 0.6) is 0 Å². The van der Waals surface area contributed by atoms with Crippen molar-refractivity contribution in [2.24, 2.45) is 16.2 Å². The van der Waals surface area contributed by atoms with Gasteiger partial charge in [0.25, 0.3) is 0 Å². The third kappa shape index (κ3) is 15.7. The molecule has 0 fully saturated rings. The van der Waals surface area contributed by atoms with Crippen LogP contribution in [-0.4, -0.2) is 156 Å². The van der Waals surface area contributed by atoms with Crippen LogP contribution in [0.2, 0.25) is 0 Å². The third-order valence-corrected chi connectivity index (χ3v) is 7.65. The molecule has 0 aliphatic carbocycles. The standard InChI is InChI=1S/C30H49N19O6/c1-5-9-43(26(51)14-34-13-23-16-48(39-35-23)41-37-32)19-27(52)44(10-6-2)20-28(53)45(11-7-3)21-29(54)46(12-8-4)22-30(55)47(18-25(31)50)15-24-17-49(40-36-24)42-38-33/h16-17,34H,5-15,18-22H2,1-4H3,(H2,31,50). The molecule has 25 heteroatoms. The summed E-state index contributed by atoms with van der Waals surface area (Å²) in [7, 11) is 0. The molecule has 0 aliphatic rings. The number of primary amides is 1. The number of rotatable bonds is 26. The summed E-state index contributed by atoms with van der Waals surface area (Å²) in [5, 5.41) is 24.4. The second kappa shape index (κ2) is 24.1. The Morgan fingerprint density at radius 3 is 1.42 bits per heavy atom. The van der Waals surface area contributed by atoms with E-state index in [4.69, 9.17) is 16.8 Å². The maximum Gasteiger partial charge on any atom is 0.243 e. The van der Waals surface area contributed by atoms with Gasteiger partial charge in [-0.05, 0) is 25.7 Å². The number of nitrogens with zero attached hydrogens (tertiary/aromatic N) is 17. The molecule has 6 amide bonds. The summed E-state index contributed by atoms with van der Waals surface area (Å²) in [6, 6.07) is 0. The maximum atomic E-state index is 13.7. The molecule has 300 valence electrons. The number of amides is 6. The fourth-order valence-electron chi connectivity index (χ4n) is 5.22. The average molecular weight is 772 g/mol. The van der Waals surface area contributed by atoms with E-state index in [1.54, 1.807) is 0 Å². The van der Waals surface area contributed by atoms with Crippen LogP contribution in [0.25, 0.3) is 20.9 Å². The van der Waals surface area contributed by atoms with Gasteiger partial charge >= 0.3 is 0 Å². The van der Waals surface area contributed by atoms with Crippen molar-refractivity contribution < 1.29 is 28.8 Å². The summed E-state index contributed by atoms with van der Waals surface area (Å²) in [6.45, 7) is 6.21.